The van der Waals surface area contributed by atoms with E-state index in [-0.39, 0.29) is 0 Å². The number of carboxylic acid groups (broad SMARTS) is 1. The molecular weight excluding hydrogens is 252 g/mol. The number of benzene rings is 1. The van der Waals surface area contributed by atoms with Crippen LogP contribution in [0, 0.1) is 20.8 Å². The Morgan fingerprint density at radius 1 is 0.950 bits per heavy atom. The first kappa shape index (κ1) is 14.2. The number of carboxylic acids is 1. The Morgan fingerprint density at radius 3 is 2.15 bits per heavy atom. The first-order chi connectivity index (χ1) is 9.47. The minimum Gasteiger partial charge on any atom is -0.478 e. The summed E-state index contributed by atoms with van der Waals surface area (Å²) >= 11 is 0. The van der Waals surface area contributed by atoms with Crippen LogP contribution in [0.1, 0.15) is 38.7 Å². The molecule has 0 unspecified atom stereocenters. The maximum atomic E-state index is 10.8. The van der Waals surface area contributed by atoms with Crippen LogP contribution in [0.25, 0.3) is 0 Å². The third-order valence-corrected chi connectivity index (χ3v) is 3.43. The van der Waals surface area contributed by atoms with Crippen LogP contribution in [0.4, 0.5) is 0 Å². The number of hydrogen-bond donors (Lipinski definition) is 1. The van der Waals surface area contributed by atoms with Crippen molar-refractivity contribution in [1.29, 1.82) is 0 Å². The van der Waals surface area contributed by atoms with Crippen LogP contribution in [-0.2, 0) is 12.8 Å². The molecule has 0 saturated heterocycles. The van der Waals surface area contributed by atoms with Gasteiger partial charge in [0.2, 0.25) is 0 Å². The van der Waals surface area contributed by atoms with E-state index in [4.69, 9.17) is 5.11 Å². The summed E-state index contributed by atoms with van der Waals surface area (Å²) in [5.74, 6) is -0.896. The monoisotopic (exact) mass is 270 g/mol. The highest BCUT2D eigenvalue weighted by Crippen LogP contribution is 2.12. The Balaban J connectivity index is 2.09. The molecule has 2 rings (SSSR count). The van der Waals surface area contributed by atoms with E-state index in [9.17, 15) is 4.79 Å². The number of aromatic carboxylic acids is 1. The maximum Gasteiger partial charge on any atom is 0.335 e. The van der Waals surface area contributed by atoms with E-state index >= 15 is 0 Å². The number of carbonyl (C=O) groups is 1. The second-order valence-corrected chi connectivity index (χ2v) is 4.93. The average molecular weight is 270 g/mol. The lowest BCUT2D eigenvalue weighted by atomic mass is 10.0. The summed E-state index contributed by atoms with van der Waals surface area (Å²) in [7, 11) is 0. The molecule has 0 aliphatic carbocycles. The molecule has 0 aliphatic rings. The van der Waals surface area contributed by atoms with Gasteiger partial charge in [-0.15, -0.1) is 0 Å². The topological polar surface area (TPSA) is 63.1 Å². The largest absolute Gasteiger partial charge is 0.478 e. The highest BCUT2D eigenvalue weighted by atomic mass is 16.4. The van der Waals surface area contributed by atoms with Crippen molar-refractivity contribution in [3.8, 4) is 0 Å². The quantitative estimate of drug-likeness (QED) is 0.927. The Hall–Kier alpha value is -2.23. The molecule has 104 valence electrons. The molecule has 0 amide bonds. The molecule has 20 heavy (non-hydrogen) atoms. The predicted octanol–water partition coefficient (Wildman–Crippen LogP) is 2.89. The van der Waals surface area contributed by atoms with Gasteiger partial charge in [0, 0.05) is 0 Å². The zero-order valence-electron chi connectivity index (χ0n) is 12.0. The summed E-state index contributed by atoms with van der Waals surface area (Å²) in [6.07, 6.45) is 1.64. The van der Waals surface area contributed by atoms with Gasteiger partial charge in [0.25, 0.3) is 0 Å². The summed E-state index contributed by atoms with van der Waals surface area (Å²) < 4.78 is 0. The van der Waals surface area contributed by atoms with Gasteiger partial charge in [-0.1, -0.05) is 12.1 Å². The molecule has 0 bridgehead atoms. The summed E-state index contributed by atoms with van der Waals surface area (Å²) in [5, 5.41) is 8.86. The first-order valence-electron chi connectivity index (χ1n) is 6.60. The molecular formula is C16H18N2O2. The molecule has 4 nitrogen and oxygen atoms in total. The van der Waals surface area contributed by atoms with E-state index in [2.05, 4.69) is 9.97 Å². The Morgan fingerprint density at radius 2 is 1.55 bits per heavy atom. The average Bonchev–Trinajstić information content (AvgIpc) is 2.42. The van der Waals surface area contributed by atoms with Crippen molar-refractivity contribution >= 4 is 5.97 Å². The van der Waals surface area contributed by atoms with E-state index in [1.165, 1.54) is 0 Å². The molecule has 1 aromatic heterocycles. The van der Waals surface area contributed by atoms with Crippen molar-refractivity contribution in [2.45, 2.75) is 33.6 Å². The number of aryl methyl sites for hydroxylation is 5. The summed E-state index contributed by atoms with van der Waals surface area (Å²) in [4.78, 5) is 19.8. The van der Waals surface area contributed by atoms with Crippen LogP contribution in [0.5, 0.6) is 0 Å². The summed E-state index contributed by atoms with van der Waals surface area (Å²) in [6.45, 7) is 5.90. The van der Waals surface area contributed by atoms with E-state index in [0.717, 1.165) is 41.2 Å². The van der Waals surface area contributed by atoms with Gasteiger partial charge in [-0.05, 0) is 51.3 Å². The predicted molar refractivity (Wildman–Crippen MR) is 77.1 cm³/mol. The molecule has 1 aromatic carbocycles. The van der Waals surface area contributed by atoms with Crippen molar-refractivity contribution < 1.29 is 9.90 Å². The lowest BCUT2D eigenvalue weighted by molar-refractivity contribution is 0.0697. The fourth-order valence-corrected chi connectivity index (χ4v) is 2.07. The molecule has 4 heteroatoms. The minimum absolute atomic E-state index is 0.316. The summed E-state index contributed by atoms with van der Waals surface area (Å²) in [6, 6.07) is 6.98. The van der Waals surface area contributed by atoms with Crippen LogP contribution in [-0.4, -0.2) is 21.0 Å². The lowest BCUT2D eigenvalue weighted by Gasteiger charge is -2.08. The highest BCUT2D eigenvalue weighted by molar-refractivity contribution is 5.87. The third kappa shape index (κ3) is 3.20. The van der Waals surface area contributed by atoms with Gasteiger partial charge < -0.3 is 5.11 Å². The second kappa shape index (κ2) is 5.82. The van der Waals surface area contributed by atoms with Gasteiger partial charge in [-0.3, -0.25) is 9.97 Å². The summed E-state index contributed by atoms with van der Waals surface area (Å²) in [5.41, 5.74) is 5.33. The van der Waals surface area contributed by atoms with E-state index < -0.39 is 5.97 Å². The van der Waals surface area contributed by atoms with Gasteiger partial charge in [-0.25, -0.2) is 4.79 Å². The maximum absolute atomic E-state index is 10.8. The molecule has 0 saturated carbocycles. The molecule has 1 heterocycles. The van der Waals surface area contributed by atoms with Crippen LogP contribution in [0.15, 0.2) is 24.3 Å². The van der Waals surface area contributed by atoms with Crippen LogP contribution < -0.4 is 0 Å². The SMILES string of the molecule is Cc1nc(C)c(CCc2ccc(C(=O)O)cc2)nc1C. The van der Waals surface area contributed by atoms with Crippen molar-refractivity contribution in [1.82, 2.24) is 9.97 Å². The smallest absolute Gasteiger partial charge is 0.335 e. The number of aromatic nitrogens is 2. The molecule has 1 N–H and O–H groups in total. The van der Waals surface area contributed by atoms with Crippen LogP contribution >= 0.6 is 0 Å². The fourth-order valence-electron chi connectivity index (χ4n) is 2.07. The standard InChI is InChI=1S/C16H18N2O2/c1-10-11(2)18-15(12(3)17-10)9-6-13-4-7-14(8-5-13)16(19)20/h4-5,7-8H,6,9H2,1-3H3,(H,19,20). The van der Waals surface area contributed by atoms with Crippen molar-refractivity contribution in [3.05, 3.63) is 58.2 Å². The molecule has 0 atom stereocenters. The van der Waals surface area contributed by atoms with Crippen molar-refractivity contribution in [3.63, 3.8) is 0 Å². The van der Waals surface area contributed by atoms with E-state index in [1.54, 1.807) is 12.1 Å². The number of nitrogens with zero attached hydrogens (tertiary/aromatic N) is 2. The van der Waals surface area contributed by atoms with Crippen LogP contribution in [0.3, 0.4) is 0 Å². The minimum atomic E-state index is -0.896. The van der Waals surface area contributed by atoms with E-state index in [0.29, 0.717) is 5.56 Å². The van der Waals surface area contributed by atoms with Gasteiger partial charge >= 0.3 is 5.97 Å². The molecule has 0 spiro atoms. The van der Waals surface area contributed by atoms with Gasteiger partial charge in [-0.2, -0.15) is 0 Å². The first-order valence-corrected chi connectivity index (χ1v) is 6.60. The van der Waals surface area contributed by atoms with Gasteiger partial charge in [0.1, 0.15) is 0 Å². The van der Waals surface area contributed by atoms with E-state index in [1.807, 2.05) is 32.9 Å². The molecule has 0 aliphatic heterocycles. The Kier molecular flexibility index (Phi) is 4.13. The number of rotatable bonds is 4. The molecule has 2 aromatic rings. The second-order valence-electron chi connectivity index (χ2n) is 4.93. The molecule has 0 radical (unpaired) electrons. The third-order valence-electron chi connectivity index (χ3n) is 3.43. The zero-order valence-corrected chi connectivity index (χ0v) is 12.0. The fraction of sp³-hybridized carbons (Fsp3) is 0.312. The lowest BCUT2D eigenvalue weighted by Crippen LogP contribution is -2.04. The Bertz CT molecular complexity index is 634. The Labute approximate surface area is 118 Å². The highest BCUT2D eigenvalue weighted by Gasteiger charge is 2.06. The van der Waals surface area contributed by atoms with Gasteiger partial charge in [0.05, 0.1) is 28.3 Å². The number of hydrogen-bond acceptors (Lipinski definition) is 3. The van der Waals surface area contributed by atoms with Crippen molar-refractivity contribution in [2.75, 3.05) is 0 Å². The zero-order chi connectivity index (χ0) is 14.7. The molecule has 0 fully saturated rings. The van der Waals surface area contributed by atoms with Crippen LogP contribution in [0.2, 0.25) is 0 Å². The van der Waals surface area contributed by atoms with Gasteiger partial charge in [0.15, 0.2) is 0 Å². The normalized spacial score (nSPS) is 10.6. The van der Waals surface area contributed by atoms with Crippen molar-refractivity contribution in [2.24, 2.45) is 0 Å².